The Morgan fingerprint density at radius 3 is 2.58 bits per heavy atom. The van der Waals surface area contributed by atoms with E-state index in [1.165, 1.54) is 11.0 Å². The molecule has 7 heteroatoms. The molecule has 0 bridgehead atoms. The zero-order valence-electron chi connectivity index (χ0n) is 10.9. The number of carbonyl (C=O) groups is 1. The predicted molar refractivity (Wildman–Crippen MR) is 75.1 cm³/mol. The summed E-state index contributed by atoms with van der Waals surface area (Å²) in [5.74, 6) is -0.122. The molecule has 0 aliphatic heterocycles. The summed E-state index contributed by atoms with van der Waals surface area (Å²) in [6.07, 6.45) is 0.233. The van der Waals surface area contributed by atoms with E-state index in [1.54, 1.807) is 32.2 Å². The van der Waals surface area contributed by atoms with Crippen LogP contribution in [0.15, 0.2) is 24.3 Å². The minimum absolute atomic E-state index is 0. The summed E-state index contributed by atoms with van der Waals surface area (Å²) in [5.41, 5.74) is 6.09. The molecule has 1 atom stereocenters. The number of nitro groups is 1. The molecule has 0 saturated heterocycles. The van der Waals surface area contributed by atoms with Crippen LogP contribution in [0.2, 0.25) is 0 Å². The van der Waals surface area contributed by atoms with Crippen molar-refractivity contribution in [3.63, 3.8) is 0 Å². The maximum absolute atomic E-state index is 11.7. The molecule has 6 nitrogen and oxygen atoms in total. The van der Waals surface area contributed by atoms with Crippen molar-refractivity contribution < 1.29 is 9.72 Å². The van der Waals surface area contributed by atoms with Gasteiger partial charge in [-0.1, -0.05) is 18.2 Å². The van der Waals surface area contributed by atoms with Gasteiger partial charge in [-0.05, 0) is 6.92 Å². The van der Waals surface area contributed by atoms with Crippen molar-refractivity contribution in [3.8, 4) is 0 Å². The predicted octanol–water partition coefficient (Wildman–Crippen LogP) is 1.71. The fraction of sp³-hybridized carbons (Fsp3) is 0.417. The number of halogens is 1. The molecule has 106 valence electrons. The summed E-state index contributed by atoms with van der Waals surface area (Å²) in [6.45, 7) is 1.96. The van der Waals surface area contributed by atoms with Gasteiger partial charge in [-0.2, -0.15) is 0 Å². The molecular weight excluding hydrogens is 270 g/mol. The van der Waals surface area contributed by atoms with Crippen LogP contribution in [0.1, 0.15) is 18.9 Å². The Labute approximate surface area is 118 Å². The lowest BCUT2D eigenvalue weighted by atomic mass is 10.1. The molecule has 0 aliphatic carbocycles. The van der Waals surface area contributed by atoms with Crippen molar-refractivity contribution in [3.05, 3.63) is 39.9 Å². The minimum atomic E-state index is -0.445. The molecule has 1 rings (SSSR count). The molecule has 1 unspecified atom stereocenters. The topological polar surface area (TPSA) is 89.5 Å². The van der Waals surface area contributed by atoms with Crippen molar-refractivity contribution >= 4 is 24.0 Å². The highest BCUT2D eigenvalue weighted by atomic mass is 35.5. The number of amides is 1. The third-order valence-electron chi connectivity index (χ3n) is 2.52. The highest BCUT2D eigenvalue weighted by Crippen LogP contribution is 2.19. The molecule has 2 N–H and O–H groups in total. The maximum Gasteiger partial charge on any atom is 0.274 e. The van der Waals surface area contributed by atoms with Crippen LogP contribution in [0.25, 0.3) is 0 Å². The van der Waals surface area contributed by atoms with E-state index in [0.717, 1.165) is 0 Å². The lowest BCUT2D eigenvalue weighted by molar-refractivity contribution is -0.385. The summed E-state index contributed by atoms with van der Waals surface area (Å²) in [6, 6.07) is 6.18. The van der Waals surface area contributed by atoms with Crippen LogP contribution >= 0.6 is 12.4 Å². The summed E-state index contributed by atoms with van der Waals surface area (Å²) in [5, 5.41) is 10.8. The van der Waals surface area contributed by atoms with Gasteiger partial charge in [0, 0.05) is 31.1 Å². The fourth-order valence-electron chi connectivity index (χ4n) is 1.60. The smallest absolute Gasteiger partial charge is 0.274 e. The number of rotatable bonds is 5. The van der Waals surface area contributed by atoms with Gasteiger partial charge in [0.15, 0.2) is 0 Å². The normalized spacial score (nSPS) is 11.3. The molecule has 1 amide bonds. The third kappa shape index (κ3) is 5.23. The van der Waals surface area contributed by atoms with Gasteiger partial charge >= 0.3 is 0 Å². The number of benzene rings is 1. The van der Waals surface area contributed by atoms with Crippen LogP contribution in [-0.2, 0) is 11.3 Å². The molecule has 0 aliphatic rings. The first-order valence-electron chi connectivity index (χ1n) is 5.63. The highest BCUT2D eigenvalue weighted by Gasteiger charge is 2.17. The van der Waals surface area contributed by atoms with Gasteiger partial charge in [0.25, 0.3) is 5.69 Å². The molecule has 1 aromatic carbocycles. The molecule has 19 heavy (non-hydrogen) atoms. The second-order valence-corrected chi connectivity index (χ2v) is 4.32. The van der Waals surface area contributed by atoms with Gasteiger partial charge < -0.3 is 10.6 Å². The molecule has 0 spiro atoms. The van der Waals surface area contributed by atoms with Gasteiger partial charge in [0.1, 0.15) is 0 Å². The first kappa shape index (κ1) is 17.3. The Hall–Kier alpha value is -1.66. The summed E-state index contributed by atoms with van der Waals surface area (Å²) in [4.78, 5) is 23.6. The van der Waals surface area contributed by atoms with Gasteiger partial charge in [0.05, 0.1) is 11.5 Å². The molecular formula is C12H18ClN3O3. The van der Waals surface area contributed by atoms with Crippen LogP contribution in [0, 0.1) is 10.1 Å². The molecule has 0 saturated carbocycles. The Morgan fingerprint density at radius 2 is 2.05 bits per heavy atom. The number of nitrogens with zero attached hydrogens (tertiary/aromatic N) is 2. The van der Waals surface area contributed by atoms with Crippen LogP contribution in [0.3, 0.4) is 0 Å². The Kier molecular flexibility index (Phi) is 7.03. The van der Waals surface area contributed by atoms with E-state index in [0.29, 0.717) is 5.56 Å². The van der Waals surface area contributed by atoms with Gasteiger partial charge in [-0.25, -0.2) is 0 Å². The molecule has 0 radical (unpaired) electrons. The van der Waals surface area contributed by atoms with E-state index in [4.69, 9.17) is 5.73 Å². The Bertz CT molecular complexity index is 452. The third-order valence-corrected chi connectivity index (χ3v) is 2.52. The lowest BCUT2D eigenvalue weighted by Crippen LogP contribution is -2.31. The van der Waals surface area contributed by atoms with E-state index >= 15 is 0 Å². The lowest BCUT2D eigenvalue weighted by Gasteiger charge is -2.18. The quantitative estimate of drug-likeness (QED) is 0.659. The second-order valence-electron chi connectivity index (χ2n) is 4.32. The van der Waals surface area contributed by atoms with E-state index in [2.05, 4.69) is 0 Å². The van der Waals surface area contributed by atoms with Crippen LogP contribution in [0.4, 0.5) is 5.69 Å². The van der Waals surface area contributed by atoms with Crippen LogP contribution in [0.5, 0.6) is 0 Å². The van der Waals surface area contributed by atoms with E-state index in [9.17, 15) is 14.9 Å². The van der Waals surface area contributed by atoms with Crippen molar-refractivity contribution in [2.45, 2.75) is 25.9 Å². The number of carbonyl (C=O) groups excluding carboxylic acids is 1. The summed E-state index contributed by atoms with van der Waals surface area (Å²) >= 11 is 0. The molecule has 0 heterocycles. The number of para-hydroxylation sites is 1. The van der Waals surface area contributed by atoms with E-state index in [1.807, 2.05) is 0 Å². The van der Waals surface area contributed by atoms with Crippen LogP contribution in [-0.4, -0.2) is 28.8 Å². The SMILES string of the molecule is CC(N)CC(=O)N(C)Cc1ccccc1[N+](=O)[O-].Cl. The Balaban J connectivity index is 0.00000324. The average Bonchev–Trinajstić information content (AvgIpc) is 2.28. The number of hydrogen-bond acceptors (Lipinski definition) is 4. The minimum Gasteiger partial charge on any atom is -0.341 e. The van der Waals surface area contributed by atoms with Crippen molar-refractivity contribution in [2.24, 2.45) is 5.73 Å². The number of hydrogen-bond donors (Lipinski definition) is 1. The van der Waals surface area contributed by atoms with Gasteiger partial charge in [-0.3, -0.25) is 14.9 Å². The van der Waals surface area contributed by atoms with Gasteiger partial charge in [0.2, 0.25) is 5.91 Å². The number of nitrogens with two attached hydrogens (primary N) is 1. The second kappa shape index (κ2) is 7.70. The number of nitro benzene ring substituents is 1. The van der Waals surface area contributed by atoms with E-state index < -0.39 is 4.92 Å². The molecule has 0 fully saturated rings. The van der Waals surface area contributed by atoms with E-state index in [-0.39, 0.29) is 43.0 Å². The van der Waals surface area contributed by atoms with Gasteiger partial charge in [-0.15, -0.1) is 12.4 Å². The fourth-order valence-corrected chi connectivity index (χ4v) is 1.60. The molecule has 1 aromatic rings. The first-order valence-corrected chi connectivity index (χ1v) is 5.63. The standard InChI is InChI=1S/C12H17N3O3.ClH/c1-9(13)7-12(16)14(2)8-10-5-3-4-6-11(10)15(17)18;/h3-6,9H,7-8,13H2,1-2H3;1H. The zero-order chi connectivity index (χ0) is 13.7. The van der Waals surface area contributed by atoms with Crippen molar-refractivity contribution in [1.82, 2.24) is 4.90 Å². The molecule has 0 aromatic heterocycles. The maximum atomic E-state index is 11.7. The summed E-state index contributed by atoms with van der Waals surface area (Å²) < 4.78 is 0. The van der Waals surface area contributed by atoms with Crippen molar-refractivity contribution in [1.29, 1.82) is 0 Å². The van der Waals surface area contributed by atoms with Crippen LogP contribution < -0.4 is 5.73 Å². The monoisotopic (exact) mass is 287 g/mol. The largest absolute Gasteiger partial charge is 0.341 e. The summed E-state index contributed by atoms with van der Waals surface area (Å²) in [7, 11) is 1.61. The zero-order valence-corrected chi connectivity index (χ0v) is 11.7. The first-order chi connectivity index (χ1) is 8.41. The Morgan fingerprint density at radius 1 is 1.47 bits per heavy atom. The van der Waals surface area contributed by atoms with Crippen molar-refractivity contribution in [2.75, 3.05) is 7.05 Å². The highest BCUT2D eigenvalue weighted by molar-refractivity contribution is 5.85. The average molecular weight is 288 g/mol.